The molecule has 0 heterocycles. The number of hydrogen-bond acceptors (Lipinski definition) is 3. The Morgan fingerprint density at radius 1 is 0.857 bits per heavy atom. The lowest BCUT2D eigenvalue weighted by Crippen LogP contribution is -2.30. The smallest absolute Gasteiger partial charge is 0.253 e. The average Bonchev–Trinajstić information content (AvgIpc) is 2.74. The number of likely N-dealkylation sites (N-methyl/N-ethyl adjacent to an activating group) is 1. The van der Waals surface area contributed by atoms with Gasteiger partial charge in [0.2, 0.25) is 0 Å². The van der Waals surface area contributed by atoms with Crippen LogP contribution in [0.2, 0.25) is 0 Å². The van der Waals surface area contributed by atoms with Gasteiger partial charge in [0.15, 0.2) is 0 Å². The average molecular weight is 379 g/mol. The minimum atomic E-state index is -0.308. The van der Waals surface area contributed by atoms with E-state index in [4.69, 9.17) is 9.47 Å². The quantitative estimate of drug-likeness (QED) is 0.576. The van der Waals surface area contributed by atoms with Crippen molar-refractivity contribution in [2.45, 2.75) is 6.61 Å². The van der Waals surface area contributed by atoms with Crippen LogP contribution in [0, 0.1) is 5.82 Å². The van der Waals surface area contributed by atoms with Crippen LogP contribution in [0.15, 0.2) is 78.9 Å². The van der Waals surface area contributed by atoms with E-state index in [9.17, 15) is 9.18 Å². The Labute approximate surface area is 164 Å². The first-order valence-electron chi connectivity index (χ1n) is 9.02. The summed E-state index contributed by atoms with van der Waals surface area (Å²) in [5, 5.41) is 0. The summed E-state index contributed by atoms with van der Waals surface area (Å²) in [5.74, 6) is 0.990. The van der Waals surface area contributed by atoms with Gasteiger partial charge in [0.05, 0.1) is 6.54 Å². The number of carbonyl (C=O) groups is 1. The summed E-state index contributed by atoms with van der Waals surface area (Å²) < 4.78 is 24.1. The van der Waals surface area contributed by atoms with Gasteiger partial charge >= 0.3 is 0 Å². The monoisotopic (exact) mass is 379 g/mol. The zero-order valence-electron chi connectivity index (χ0n) is 15.7. The van der Waals surface area contributed by atoms with Gasteiger partial charge in [0.1, 0.15) is 30.5 Å². The number of halogens is 1. The summed E-state index contributed by atoms with van der Waals surface area (Å²) in [7, 11) is 1.72. The third-order valence-corrected chi connectivity index (χ3v) is 4.21. The van der Waals surface area contributed by atoms with Gasteiger partial charge in [-0.1, -0.05) is 30.3 Å². The van der Waals surface area contributed by atoms with Crippen molar-refractivity contribution in [2.24, 2.45) is 0 Å². The van der Waals surface area contributed by atoms with E-state index >= 15 is 0 Å². The number of hydrogen-bond donors (Lipinski definition) is 0. The number of carbonyl (C=O) groups excluding carboxylic acids is 1. The maximum Gasteiger partial charge on any atom is 0.253 e. The van der Waals surface area contributed by atoms with Gasteiger partial charge in [0, 0.05) is 12.6 Å². The molecular formula is C23H22FNO3. The minimum absolute atomic E-state index is 0.0850. The Balaban J connectivity index is 1.47. The molecule has 0 aromatic heterocycles. The lowest BCUT2D eigenvalue weighted by atomic mass is 10.1. The molecule has 0 aliphatic carbocycles. The highest BCUT2D eigenvalue weighted by Gasteiger charge is 2.11. The van der Waals surface area contributed by atoms with Crippen molar-refractivity contribution in [3.05, 3.63) is 95.8 Å². The first kappa shape index (κ1) is 19.4. The van der Waals surface area contributed by atoms with Crippen LogP contribution in [0.5, 0.6) is 11.5 Å². The van der Waals surface area contributed by atoms with Crippen molar-refractivity contribution in [1.29, 1.82) is 0 Å². The minimum Gasteiger partial charge on any atom is -0.492 e. The lowest BCUT2D eigenvalue weighted by molar-refractivity contribution is 0.0773. The molecule has 0 aliphatic heterocycles. The fraction of sp³-hybridized carbons (Fsp3) is 0.174. The fourth-order valence-electron chi connectivity index (χ4n) is 2.58. The number of para-hydroxylation sites is 1. The molecule has 0 saturated carbocycles. The lowest BCUT2D eigenvalue weighted by Gasteiger charge is -2.18. The Hall–Kier alpha value is -3.34. The van der Waals surface area contributed by atoms with E-state index in [1.54, 1.807) is 36.2 Å². The van der Waals surface area contributed by atoms with Crippen LogP contribution >= 0.6 is 0 Å². The molecule has 0 saturated heterocycles. The molecule has 144 valence electrons. The predicted molar refractivity (Wildman–Crippen MR) is 106 cm³/mol. The summed E-state index contributed by atoms with van der Waals surface area (Å²) in [6.45, 7) is 1.20. The SMILES string of the molecule is CN(CCOc1ccc(F)cc1)C(=O)c1ccc(COc2ccccc2)cc1. The Morgan fingerprint density at radius 3 is 2.18 bits per heavy atom. The van der Waals surface area contributed by atoms with Crippen LogP contribution in [0.3, 0.4) is 0 Å². The zero-order chi connectivity index (χ0) is 19.8. The van der Waals surface area contributed by atoms with Gasteiger partial charge in [-0.05, 0) is 54.1 Å². The molecule has 0 atom stereocenters. The van der Waals surface area contributed by atoms with Crippen molar-refractivity contribution in [3.8, 4) is 11.5 Å². The third-order valence-electron chi connectivity index (χ3n) is 4.21. The topological polar surface area (TPSA) is 38.8 Å². The summed E-state index contributed by atoms with van der Waals surface area (Å²) >= 11 is 0. The van der Waals surface area contributed by atoms with Crippen LogP contribution < -0.4 is 9.47 Å². The van der Waals surface area contributed by atoms with Gasteiger partial charge in [-0.15, -0.1) is 0 Å². The van der Waals surface area contributed by atoms with Gasteiger partial charge in [-0.2, -0.15) is 0 Å². The first-order valence-corrected chi connectivity index (χ1v) is 9.02. The normalized spacial score (nSPS) is 10.4. The highest BCUT2D eigenvalue weighted by Crippen LogP contribution is 2.14. The number of ether oxygens (including phenoxy) is 2. The van der Waals surface area contributed by atoms with Crippen LogP contribution in [-0.2, 0) is 6.61 Å². The van der Waals surface area contributed by atoms with Gasteiger partial charge in [0.25, 0.3) is 5.91 Å². The van der Waals surface area contributed by atoms with Crippen LogP contribution in [0.25, 0.3) is 0 Å². The molecule has 0 fully saturated rings. The summed E-state index contributed by atoms with van der Waals surface area (Å²) in [5.41, 5.74) is 1.59. The Kier molecular flexibility index (Phi) is 6.63. The number of amides is 1. The molecule has 3 aromatic carbocycles. The van der Waals surface area contributed by atoms with Gasteiger partial charge < -0.3 is 14.4 Å². The molecule has 3 rings (SSSR count). The van der Waals surface area contributed by atoms with Crippen molar-refractivity contribution < 1.29 is 18.7 Å². The van der Waals surface area contributed by atoms with E-state index in [0.717, 1.165) is 11.3 Å². The van der Waals surface area contributed by atoms with E-state index in [1.807, 2.05) is 42.5 Å². The standard InChI is InChI=1S/C23H22FNO3/c1-25(15-16-27-22-13-11-20(24)12-14-22)23(26)19-9-7-18(8-10-19)17-28-21-5-3-2-4-6-21/h2-14H,15-17H2,1H3. The van der Waals surface area contributed by atoms with Crippen molar-refractivity contribution in [3.63, 3.8) is 0 Å². The van der Waals surface area contributed by atoms with Crippen LogP contribution in [0.4, 0.5) is 4.39 Å². The van der Waals surface area contributed by atoms with E-state index in [2.05, 4.69) is 0 Å². The summed E-state index contributed by atoms with van der Waals surface area (Å²) in [6.07, 6.45) is 0. The van der Waals surface area contributed by atoms with Crippen molar-refractivity contribution >= 4 is 5.91 Å². The molecule has 1 amide bonds. The molecule has 4 nitrogen and oxygen atoms in total. The van der Waals surface area contributed by atoms with Crippen molar-refractivity contribution in [2.75, 3.05) is 20.2 Å². The van der Waals surface area contributed by atoms with Crippen LogP contribution in [0.1, 0.15) is 15.9 Å². The summed E-state index contributed by atoms with van der Waals surface area (Å²) in [4.78, 5) is 14.1. The molecule has 0 spiro atoms. The number of rotatable bonds is 8. The molecule has 28 heavy (non-hydrogen) atoms. The second-order valence-corrected chi connectivity index (χ2v) is 6.33. The molecule has 5 heteroatoms. The van der Waals surface area contributed by atoms with Crippen molar-refractivity contribution in [1.82, 2.24) is 4.90 Å². The second kappa shape index (κ2) is 9.55. The van der Waals surface area contributed by atoms with E-state index < -0.39 is 0 Å². The summed E-state index contributed by atoms with van der Waals surface area (Å²) in [6, 6.07) is 22.8. The first-order chi connectivity index (χ1) is 13.6. The highest BCUT2D eigenvalue weighted by atomic mass is 19.1. The van der Waals surface area contributed by atoms with E-state index in [1.165, 1.54) is 12.1 Å². The molecule has 0 aliphatic rings. The van der Waals surface area contributed by atoms with E-state index in [-0.39, 0.29) is 11.7 Å². The fourth-order valence-corrected chi connectivity index (χ4v) is 2.58. The molecule has 3 aromatic rings. The number of benzene rings is 3. The predicted octanol–water partition coefficient (Wildman–Crippen LogP) is 4.56. The molecule has 0 N–H and O–H groups in total. The molecule has 0 bridgehead atoms. The third kappa shape index (κ3) is 5.58. The molecular weight excluding hydrogens is 357 g/mol. The van der Waals surface area contributed by atoms with E-state index in [0.29, 0.717) is 31.1 Å². The zero-order valence-corrected chi connectivity index (χ0v) is 15.7. The molecule has 0 radical (unpaired) electrons. The van der Waals surface area contributed by atoms with Gasteiger partial charge in [-0.25, -0.2) is 4.39 Å². The second-order valence-electron chi connectivity index (χ2n) is 6.33. The highest BCUT2D eigenvalue weighted by molar-refractivity contribution is 5.94. The Morgan fingerprint density at radius 2 is 1.50 bits per heavy atom. The number of nitrogens with zero attached hydrogens (tertiary/aromatic N) is 1. The molecule has 0 unspecified atom stereocenters. The van der Waals surface area contributed by atoms with Gasteiger partial charge in [-0.3, -0.25) is 4.79 Å². The maximum absolute atomic E-state index is 12.9. The largest absolute Gasteiger partial charge is 0.492 e. The maximum atomic E-state index is 12.9. The Bertz CT molecular complexity index is 880. The van der Waals surface area contributed by atoms with Crippen LogP contribution in [-0.4, -0.2) is 31.0 Å².